The van der Waals surface area contributed by atoms with Crippen molar-refractivity contribution < 1.29 is 19.1 Å². The van der Waals surface area contributed by atoms with E-state index in [9.17, 15) is 9.59 Å². The zero-order chi connectivity index (χ0) is 24.3. The number of esters is 2. The molecular weight excluding hydrogens is 412 g/mol. The van der Waals surface area contributed by atoms with Crippen molar-refractivity contribution >= 4 is 11.9 Å². The summed E-state index contributed by atoms with van der Waals surface area (Å²) in [6.07, 6.45) is 1.84. The number of fused-ring (bicyclic) bond motifs is 4. The Kier molecular flexibility index (Phi) is 5.19. The zero-order valence-corrected chi connectivity index (χ0v) is 20.4. The third-order valence-corrected chi connectivity index (χ3v) is 7.08. The lowest BCUT2D eigenvalue weighted by Gasteiger charge is -2.30. The van der Waals surface area contributed by atoms with Gasteiger partial charge < -0.3 is 9.47 Å². The van der Waals surface area contributed by atoms with Crippen molar-refractivity contribution in [2.75, 3.05) is 0 Å². The molecule has 0 unspecified atom stereocenters. The van der Waals surface area contributed by atoms with Crippen LogP contribution in [0.15, 0.2) is 60.7 Å². The van der Waals surface area contributed by atoms with Crippen LogP contribution in [0.5, 0.6) is 11.5 Å². The van der Waals surface area contributed by atoms with Crippen LogP contribution in [0.1, 0.15) is 76.6 Å². The second-order valence-electron chi connectivity index (χ2n) is 11.0. The molecule has 0 aromatic heterocycles. The first-order chi connectivity index (χ1) is 15.3. The molecule has 2 aliphatic rings. The van der Waals surface area contributed by atoms with Crippen LogP contribution in [-0.2, 0) is 25.8 Å². The van der Waals surface area contributed by atoms with E-state index in [1.54, 1.807) is 13.8 Å². The van der Waals surface area contributed by atoms with Crippen LogP contribution < -0.4 is 9.47 Å². The SMILES string of the molecule is C=C(C)C(=O)Oc1ccc2c(c1)C1(CC2(C)C)CC(C)(C)c2ccc(OC(=O)C(=C)C)cc21. The fraction of sp³-hybridized carbons (Fsp3) is 0.379. The Morgan fingerprint density at radius 3 is 1.39 bits per heavy atom. The van der Waals surface area contributed by atoms with Crippen molar-refractivity contribution in [2.45, 2.75) is 70.6 Å². The van der Waals surface area contributed by atoms with Gasteiger partial charge in [-0.2, -0.15) is 0 Å². The third kappa shape index (κ3) is 3.72. The number of ether oxygens (including phenoxy) is 2. The fourth-order valence-electron chi connectivity index (χ4n) is 5.82. The maximum absolute atomic E-state index is 12.2. The van der Waals surface area contributed by atoms with Crippen LogP contribution in [0.3, 0.4) is 0 Å². The zero-order valence-electron chi connectivity index (χ0n) is 20.4. The van der Waals surface area contributed by atoms with E-state index in [0.29, 0.717) is 22.6 Å². The lowest BCUT2D eigenvalue weighted by atomic mass is 9.72. The molecule has 2 aromatic rings. The molecule has 0 aliphatic heterocycles. The molecule has 1 spiro atoms. The molecule has 0 saturated heterocycles. The minimum atomic E-state index is -0.428. The monoisotopic (exact) mass is 444 g/mol. The molecule has 0 amide bonds. The summed E-state index contributed by atoms with van der Waals surface area (Å²) >= 11 is 0. The molecule has 2 aliphatic carbocycles. The van der Waals surface area contributed by atoms with Gasteiger partial charge in [-0.3, -0.25) is 0 Å². The molecule has 33 heavy (non-hydrogen) atoms. The van der Waals surface area contributed by atoms with E-state index in [-0.39, 0.29) is 16.2 Å². The summed E-state index contributed by atoms with van der Waals surface area (Å²) in [7, 11) is 0. The summed E-state index contributed by atoms with van der Waals surface area (Å²) in [5, 5.41) is 0. The summed E-state index contributed by atoms with van der Waals surface area (Å²) in [5.74, 6) is 0.190. The van der Waals surface area contributed by atoms with E-state index >= 15 is 0 Å². The molecule has 0 saturated carbocycles. The van der Waals surface area contributed by atoms with Crippen molar-refractivity contribution in [3.63, 3.8) is 0 Å². The van der Waals surface area contributed by atoms with E-state index in [1.165, 1.54) is 22.3 Å². The van der Waals surface area contributed by atoms with Crippen LogP contribution in [0.2, 0.25) is 0 Å². The number of benzene rings is 2. The Hall–Kier alpha value is -3.14. The predicted molar refractivity (Wildman–Crippen MR) is 130 cm³/mol. The van der Waals surface area contributed by atoms with Crippen molar-refractivity contribution in [3.8, 4) is 11.5 Å². The van der Waals surface area contributed by atoms with Crippen molar-refractivity contribution in [3.05, 3.63) is 83.0 Å². The first kappa shape index (κ1) is 23.0. The smallest absolute Gasteiger partial charge is 0.338 e. The molecular formula is C29H32O4. The third-order valence-electron chi connectivity index (χ3n) is 7.08. The first-order valence-corrected chi connectivity index (χ1v) is 11.3. The van der Waals surface area contributed by atoms with E-state index in [1.807, 2.05) is 24.3 Å². The van der Waals surface area contributed by atoms with Crippen molar-refractivity contribution in [1.29, 1.82) is 0 Å². The highest BCUT2D eigenvalue weighted by atomic mass is 16.5. The van der Waals surface area contributed by atoms with E-state index in [0.717, 1.165) is 12.8 Å². The van der Waals surface area contributed by atoms with Gasteiger partial charge in [-0.05, 0) is 84.0 Å². The van der Waals surface area contributed by atoms with Crippen LogP contribution in [0, 0.1) is 0 Å². The number of hydrogen-bond acceptors (Lipinski definition) is 4. The maximum atomic E-state index is 12.2. The Labute approximate surface area is 196 Å². The van der Waals surface area contributed by atoms with Gasteiger partial charge in [0.05, 0.1) is 0 Å². The van der Waals surface area contributed by atoms with Crippen molar-refractivity contribution in [2.24, 2.45) is 0 Å². The van der Waals surface area contributed by atoms with Crippen LogP contribution in [0.4, 0.5) is 0 Å². The van der Waals surface area contributed by atoms with Crippen LogP contribution >= 0.6 is 0 Å². The molecule has 0 fully saturated rings. The van der Waals surface area contributed by atoms with E-state index in [2.05, 4.69) is 53.0 Å². The van der Waals surface area contributed by atoms with Crippen LogP contribution in [0.25, 0.3) is 0 Å². The molecule has 0 bridgehead atoms. The molecule has 4 nitrogen and oxygen atoms in total. The summed E-state index contributed by atoms with van der Waals surface area (Å²) in [4.78, 5) is 24.4. The predicted octanol–water partition coefficient (Wildman–Crippen LogP) is 6.30. The molecule has 0 heterocycles. The van der Waals surface area contributed by atoms with Gasteiger partial charge >= 0.3 is 11.9 Å². The Balaban J connectivity index is 1.88. The van der Waals surface area contributed by atoms with Gasteiger partial charge in [0.25, 0.3) is 0 Å². The second kappa shape index (κ2) is 7.44. The van der Waals surface area contributed by atoms with Gasteiger partial charge in [0, 0.05) is 16.6 Å². The quantitative estimate of drug-likeness (QED) is 0.316. The maximum Gasteiger partial charge on any atom is 0.338 e. The van der Waals surface area contributed by atoms with Gasteiger partial charge in [-0.1, -0.05) is 53.0 Å². The highest BCUT2D eigenvalue weighted by molar-refractivity contribution is 5.89. The molecule has 2 aromatic carbocycles. The molecule has 0 N–H and O–H groups in total. The van der Waals surface area contributed by atoms with Gasteiger partial charge in [0.15, 0.2) is 0 Å². The fourth-order valence-corrected chi connectivity index (χ4v) is 5.82. The average molecular weight is 445 g/mol. The van der Waals surface area contributed by atoms with E-state index in [4.69, 9.17) is 9.47 Å². The largest absolute Gasteiger partial charge is 0.423 e. The molecule has 0 radical (unpaired) electrons. The number of carbonyl (C=O) groups excluding carboxylic acids is 2. The lowest BCUT2D eigenvalue weighted by Crippen LogP contribution is -2.27. The number of hydrogen-bond donors (Lipinski definition) is 0. The van der Waals surface area contributed by atoms with Gasteiger partial charge in [-0.15, -0.1) is 0 Å². The standard InChI is InChI=1S/C29H32O4/c1-17(2)25(30)32-19-9-11-21-23(13-19)29(15-27(21,5)6)16-28(7,8)22-12-10-20(14-24(22)29)33-26(31)18(3)4/h9-14H,1,3,15-16H2,2,4-8H3. The molecule has 0 atom stereocenters. The number of rotatable bonds is 4. The summed E-state index contributed by atoms with van der Waals surface area (Å²) in [6.45, 7) is 19.7. The summed E-state index contributed by atoms with van der Waals surface area (Å²) in [5.41, 5.74) is 5.20. The topological polar surface area (TPSA) is 52.6 Å². The van der Waals surface area contributed by atoms with Gasteiger partial charge in [0.1, 0.15) is 11.5 Å². The Bertz CT molecular complexity index is 1120. The highest BCUT2D eigenvalue weighted by Gasteiger charge is 2.56. The molecule has 4 heteroatoms. The van der Waals surface area contributed by atoms with E-state index < -0.39 is 11.9 Å². The van der Waals surface area contributed by atoms with Gasteiger partial charge in [-0.25, -0.2) is 9.59 Å². The van der Waals surface area contributed by atoms with Gasteiger partial charge in [0.2, 0.25) is 0 Å². The van der Waals surface area contributed by atoms with Crippen LogP contribution in [-0.4, -0.2) is 11.9 Å². The normalized spacial score (nSPS) is 18.4. The Morgan fingerprint density at radius 2 is 1.06 bits per heavy atom. The summed E-state index contributed by atoms with van der Waals surface area (Å²) in [6, 6.07) is 11.9. The minimum absolute atomic E-state index is 0.0612. The first-order valence-electron chi connectivity index (χ1n) is 11.3. The average Bonchev–Trinajstić information content (AvgIpc) is 3.07. The highest BCUT2D eigenvalue weighted by Crippen LogP contribution is 2.63. The minimum Gasteiger partial charge on any atom is -0.423 e. The second-order valence-corrected chi connectivity index (χ2v) is 11.0. The molecule has 172 valence electrons. The Morgan fingerprint density at radius 1 is 0.697 bits per heavy atom. The number of carbonyl (C=O) groups is 2. The summed E-state index contributed by atoms with van der Waals surface area (Å²) < 4.78 is 11.2. The molecule has 4 rings (SSSR count). The lowest BCUT2D eigenvalue weighted by molar-refractivity contribution is -0.130. The van der Waals surface area contributed by atoms with Crippen molar-refractivity contribution in [1.82, 2.24) is 0 Å².